The lowest BCUT2D eigenvalue weighted by molar-refractivity contribution is 0.252. The molecule has 5 rings (SSSR count). The van der Waals surface area contributed by atoms with Crippen molar-refractivity contribution >= 4 is 29.0 Å². The Balaban J connectivity index is 1.53. The molecular formula is C24H27N7O2. The van der Waals surface area contributed by atoms with Gasteiger partial charge in [-0.15, -0.1) is 0 Å². The van der Waals surface area contributed by atoms with Crippen molar-refractivity contribution in [3.8, 4) is 17.1 Å². The molecule has 9 heteroatoms. The molecule has 0 radical (unpaired) electrons. The molecular weight excluding hydrogens is 418 g/mol. The summed E-state index contributed by atoms with van der Waals surface area (Å²) in [5.74, 6) is 1.46. The van der Waals surface area contributed by atoms with E-state index in [0.717, 1.165) is 48.6 Å². The number of carbonyl (C=O) groups excluding carboxylic acids is 1. The van der Waals surface area contributed by atoms with Crippen molar-refractivity contribution in [2.24, 2.45) is 0 Å². The average Bonchev–Trinajstić information content (AvgIpc) is 2.84. The first kappa shape index (κ1) is 21.0. The van der Waals surface area contributed by atoms with Crippen LogP contribution < -0.4 is 24.8 Å². The van der Waals surface area contributed by atoms with Crippen LogP contribution in [0.5, 0.6) is 5.88 Å². The van der Waals surface area contributed by atoms with Gasteiger partial charge in [-0.2, -0.15) is 0 Å². The highest BCUT2D eigenvalue weighted by Gasteiger charge is 2.38. The number of ether oxygens (including phenoxy) is 1. The number of hydrogen-bond acceptors (Lipinski definition) is 7. The van der Waals surface area contributed by atoms with Crippen molar-refractivity contribution in [1.29, 1.82) is 0 Å². The number of piperidine rings is 1. The molecule has 0 spiro atoms. The maximum absolute atomic E-state index is 13.5. The second kappa shape index (κ2) is 8.57. The second-order valence-electron chi connectivity index (χ2n) is 8.47. The molecule has 9 nitrogen and oxygen atoms in total. The summed E-state index contributed by atoms with van der Waals surface area (Å²) in [6.07, 6.45) is 3.33. The number of carbonyl (C=O) groups is 1. The summed E-state index contributed by atoms with van der Waals surface area (Å²) in [7, 11) is 5.56. The normalized spacial score (nSPS) is 16.8. The third-order valence-corrected chi connectivity index (χ3v) is 6.15. The maximum Gasteiger partial charge on any atom is 0.329 e. The molecule has 1 atom stereocenters. The minimum atomic E-state index is -0.254. The van der Waals surface area contributed by atoms with Gasteiger partial charge < -0.3 is 14.5 Å². The summed E-state index contributed by atoms with van der Waals surface area (Å²) < 4.78 is 5.16. The van der Waals surface area contributed by atoms with Gasteiger partial charge in [-0.05, 0) is 37.1 Å². The van der Waals surface area contributed by atoms with Crippen LogP contribution >= 0.6 is 0 Å². The van der Waals surface area contributed by atoms with E-state index in [1.807, 2.05) is 32.3 Å². The Hall–Kier alpha value is -3.88. The van der Waals surface area contributed by atoms with Gasteiger partial charge in [0.1, 0.15) is 12.1 Å². The first-order chi connectivity index (χ1) is 16.0. The quantitative estimate of drug-likeness (QED) is 0.656. The van der Waals surface area contributed by atoms with Crippen molar-refractivity contribution in [3.63, 3.8) is 0 Å². The summed E-state index contributed by atoms with van der Waals surface area (Å²) >= 11 is 0. The van der Waals surface area contributed by atoms with Crippen LogP contribution in [0.2, 0.25) is 0 Å². The Morgan fingerprint density at radius 2 is 2.06 bits per heavy atom. The van der Waals surface area contributed by atoms with Gasteiger partial charge in [0.15, 0.2) is 5.82 Å². The number of benzene rings is 1. The molecule has 2 aliphatic rings. The number of amides is 2. The fourth-order valence-electron chi connectivity index (χ4n) is 4.48. The van der Waals surface area contributed by atoms with Gasteiger partial charge in [0.05, 0.1) is 24.5 Å². The number of hydrogen-bond donors (Lipinski definition) is 1. The smallest absolute Gasteiger partial charge is 0.329 e. The molecule has 4 heterocycles. The highest BCUT2D eigenvalue weighted by atomic mass is 16.5. The van der Waals surface area contributed by atoms with E-state index in [2.05, 4.69) is 43.3 Å². The third kappa shape index (κ3) is 4.02. The van der Waals surface area contributed by atoms with Crippen molar-refractivity contribution in [1.82, 2.24) is 15.0 Å². The Labute approximate surface area is 193 Å². The molecule has 33 heavy (non-hydrogen) atoms. The zero-order valence-electron chi connectivity index (χ0n) is 19.0. The maximum atomic E-state index is 13.5. The van der Waals surface area contributed by atoms with Crippen LogP contribution in [0.25, 0.3) is 11.3 Å². The van der Waals surface area contributed by atoms with E-state index >= 15 is 0 Å². The number of methoxy groups -OCH3 is 1. The van der Waals surface area contributed by atoms with Crippen LogP contribution in [0, 0.1) is 0 Å². The number of nitrogens with one attached hydrogen (secondary N) is 1. The predicted octanol–water partition coefficient (Wildman–Crippen LogP) is 3.63. The molecule has 1 saturated heterocycles. The summed E-state index contributed by atoms with van der Waals surface area (Å²) in [6, 6.07) is 13.8. The molecule has 2 aliphatic heterocycles. The first-order valence-electron chi connectivity index (χ1n) is 11.0. The minimum absolute atomic E-state index is 0.0471. The standard InChI is InChI=1S/C24H27N7O2/c1-29(2)17-7-4-6-16(12-17)19-9-10-20-23(27-19)31(18-8-5-11-30(20)14-18)24(32)28-21-13-22(33-3)26-15-25-21/h4,6-7,9-10,12-13,15,18H,5,8,11,14H2,1-3H3,(H,25,26,28,32)/t18-/m1/s1. The van der Waals surface area contributed by atoms with Crippen LogP contribution in [0.4, 0.5) is 27.8 Å². The molecule has 3 aromatic rings. The van der Waals surface area contributed by atoms with Crippen LogP contribution in [-0.4, -0.2) is 61.3 Å². The SMILES string of the molecule is COc1cc(NC(=O)N2c3nc(-c4cccc(N(C)C)c4)ccc3N3CCC[C@@H]2C3)ncn1. The van der Waals surface area contributed by atoms with Crippen LogP contribution in [0.3, 0.4) is 0 Å². The highest BCUT2D eigenvalue weighted by molar-refractivity contribution is 6.04. The Kier molecular flexibility index (Phi) is 5.45. The Bertz CT molecular complexity index is 1180. The Morgan fingerprint density at radius 3 is 2.88 bits per heavy atom. The molecule has 2 bridgehead atoms. The lowest BCUT2D eigenvalue weighted by atomic mass is 9.99. The summed E-state index contributed by atoms with van der Waals surface area (Å²) in [5, 5.41) is 2.90. The zero-order valence-corrected chi connectivity index (χ0v) is 19.0. The number of rotatable bonds is 4. The van der Waals surface area contributed by atoms with E-state index in [-0.39, 0.29) is 12.1 Å². The van der Waals surface area contributed by atoms with E-state index in [4.69, 9.17) is 9.72 Å². The average molecular weight is 446 g/mol. The number of anilines is 4. The molecule has 2 aromatic heterocycles. The molecule has 1 fully saturated rings. The van der Waals surface area contributed by atoms with Gasteiger partial charge in [0, 0.05) is 44.5 Å². The van der Waals surface area contributed by atoms with Gasteiger partial charge in [-0.1, -0.05) is 12.1 Å². The van der Waals surface area contributed by atoms with E-state index in [9.17, 15) is 4.79 Å². The van der Waals surface area contributed by atoms with Gasteiger partial charge >= 0.3 is 6.03 Å². The number of pyridine rings is 1. The van der Waals surface area contributed by atoms with Gasteiger partial charge in [-0.3, -0.25) is 10.2 Å². The van der Waals surface area contributed by atoms with E-state index in [1.165, 1.54) is 13.4 Å². The molecule has 0 aliphatic carbocycles. The number of urea groups is 1. The van der Waals surface area contributed by atoms with E-state index in [1.54, 1.807) is 11.0 Å². The van der Waals surface area contributed by atoms with Crippen molar-refractivity contribution in [3.05, 3.63) is 48.8 Å². The van der Waals surface area contributed by atoms with Crippen molar-refractivity contribution in [2.75, 3.05) is 54.3 Å². The van der Waals surface area contributed by atoms with Crippen LogP contribution in [0.1, 0.15) is 12.8 Å². The largest absolute Gasteiger partial charge is 0.481 e. The third-order valence-electron chi connectivity index (χ3n) is 6.15. The van der Waals surface area contributed by atoms with Gasteiger partial charge in [0.2, 0.25) is 5.88 Å². The minimum Gasteiger partial charge on any atom is -0.481 e. The van der Waals surface area contributed by atoms with E-state index in [0.29, 0.717) is 17.5 Å². The molecule has 0 saturated carbocycles. The molecule has 1 aromatic carbocycles. The molecule has 0 unspecified atom stereocenters. The molecule has 170 valence electrons. The summed E-state index contributed by atoms with van der Waals surface area (Å²) in [5.41, 5.74) is 3.92. The monoisotopic (exact) mass is 445 g/mol. The number of aromatic nitrogens is 3. The fraction of sp³-hybridized carbons (Fsp3) is 0.333. The fourth-order valence-corrected chi connectivity index (χ4v) is 4.48. The summed E-state index contributed by atoms with van der Waals surface area (Å²) in [4.78, 5) is 32.8. The topological polar surface area (TPSA) is 86.7 Å². The lowest BCUT2D eigenvalue weighted by Gasteiger charge is -2.45. The van der Waals surface area contributed by atoms with E-state index < -0.39 is 0 Å². The predicted molar refractivity (Wildman–Crippen MR) is 129 cm³/mol. The summed E-state index contributed by atoms with van der Waals surface area (Å²) in [6.45, 7) is 1.77. The van der Waals surface area contributed by atoms with Crippen molar-refractivity contribution < 1.29 is 9.53 Å². The number of nitrogens with zero attached hydrogens (tertiary/aromatic N) is 6. The van der Waals surface area contributed by atoms with Crippen LogP contribution in [-0.2, 0) is 0 Å². The van der Waals surface area contributed by atoms with Crippen molar-refractivity contribution in [2.45, 2.75) is 18.9 Å². The highest BCUT2D eigenvalue weighted by Crippen LogP contribution is 2.39. The van der Waals surface area contributed by atoms with Gasteiger partial charge in [0.25, 0.3) is 0 Å². The second-order valence-corrected chi connectivity index (χ2v) is 8.47. The zero-order chi connectivity index (χ0) is 22.9. The molecule has 1 N–H and O–H groups in total. The van der Waals surface area contributed by atoms with Gasteiger partial charge in [-0.25, -0.2) is 19.7 Å². The lowest BCUT2D eigenvalue weighted by Crippen LogP contribution is -2.56. The first-order valence-corrected chi connectivity index (χ1v) is 11.0. The Morgan fingerprint density at radius 1 is 1.18 bits per heavy atom. The molecule has 2 amide bonds. The number of fused-ring (bicyclic) bond motifs is 4. The van der Waals surface area contributed by atoms with Crippen LogP contribution in [0.15, 0.2) is 48.8 Å².